The van der Waals surface area contributed by atoms with Gasteiger partial charge in [0.05, 0.1) is 28.1 Å². The lowest BCUT2D eigenvalue weighted by Gasteiger charge is -2.32. The third kappa shape index (κ3) is 4.65. The van der Waals surface area contributed by atoms with Gasteiger partial charge in [0.2, 0.25) is 0 Å². The predicted molar refractivity (Wildman–Crippen MR) is 132 cm³/mol. The van der Waals surface area contributed by atoms with Gasteiger partial charge in [0.25, 0.3) is 0 Å². The van der Waals surface area contributed by atoms with Gasteiger partial charge in [-0.2, -0.15) is 0 Å². The molecule has 4 aromatic rings. The maximum absolute atomic E-state index is 12.7. The number of fused-ring (bicyclic) bond motifs is 1. The Morgan fingerprint density at radius 1 is 1.12 bits per heavy atom. The number of nitrogen functional groups attached to an aromatic ring is 1. The van der Waals surface area contributed by atoms with Crippen molar-refractivity contribution >= 4 is 33.2 Å². The third-order valence-electron chi connectivity index (χ3n) is 6.07. The van der Waals surface area contributed by atoms with E-state index in [9.17, 15) is 4.79 Å². The first-order chi connectivity index (χ1) is 16.0. The Hall–Kier alpha value is -3.16. The number of Topliss-reactive ketones (excluding diaryl/α,β-unsaturated/α-hetero) is 1. The zero-order valence-electron chi connectivity index (χ0n) is 18.7. The molecule has 1 aliphatic rings. The summed E-state index contributed by atoms with van der Waals surface area (Å²) >= 11 is 1.70. The molecular weight excluding hydrogens is 432 g/mol. The Morgan fingerprint density at radius 3 is 2.70 bits per heavy atom. The average Bonchev–Trinajstić information content (AvgIpc) is 3.27. The van der Waals surface area contributed by atoms with Gasteiger partial charge in [-0.05, 0) is 61.9 Å². The van der Waals surface area contributed by atoms with E-state index < -0.39 is 0 Å². The molecule has 33 heavy (non-hydrogen) atoms. The molecule has 168 valence electrons. The van der Waals surface area contributed by atoms with Crippen molar-refractivity contribution < 1.29 is 9.53 Å². The van der Waals surface area contributed by atoms with Gasteiger partial charge in [0.15, 0.2) is 11.6 Å². The summed E-state index contributed by atoms with van der Waals surface area (Å²) in [6.45, 7) is 4.26. The van der Waals surface area contributed by atoms with E-state index in [1.54, 1.807) is 23.5 Å². The van der Waals surface area contributed by atoms with Crippen LogP contribution in [0.4, 0.5) is 5.82 Å². The summed E-state index contributed by atoms with van der Waals surface area (Å²) in [6, 6.07) is 13.3. The van der Waals surface area contributed by atoms with Crippen molar-refractivity contribution in [3.63, 3.8) is 0 Å². The van der Waals surface area contributed by atoms with E-state index in [-0.39, 0.29) is 24.4 Å². The van der Waals surface area contributed by atoms with Gasteiger partial charge in [-0.15, -0.1) is 11.3 Å². The summed E-state index contributed by atoms with van der Waals surface area (Å²) in [5.41, 5.74) is 10.1. The van der Waals surface area contributed by atoms with Crippen molar-refractivity contribution in [2.24, 2.45) is 0 Å². The molecule has 7 heteroatoms. The molecule has 3 aromatic heterocycles. The van der Waals surface area contributed by atoms with Gasteiger partial charge >= 0.3 is 0 Å². The number of hydrogen-bond acceptors (Lipinski definition) is 7. The van der Waals surface area contributed by atoms with Crippen LogP contribution in [0.25, 0.3) is 21.6 Å². The van der Waals surface area contributed by atoms with Crippen LogP contribution in [0.3, 0.4) is 0 Å². The first-order valence-corrected chi connectivity index (χ1v) is 12.1. The summed E-state index contributed by atoms with van der Waals surface area (Å²) in [5.74, 6) is 1.44. The van der Waals surface area contributed by atoms with Crippen molar-refractivity contribution in [2.75, 3.05) is 5.73 Å². The van der Waals surface area contributed by atoms with E-state index in [1.807, 2.05) is 24.3 Å². The number of carbonyl (C=O) groups is 1. The molecule has 5 rings (SSSR count). The fourth-order valence-corrected chi connectivity index (χ4v) is 5.50. The maximum Gasteiger partial charge on any atom is 0.168 e. The smallest absolute Gasteiger partial charge is 0.168 e. The fourth-order valence-electron chi connectivity index (χ4n) is 4.60. The highest BCUT2D eigenvalue weighted by Gasteiger charge is 2.29. The molecule has 4 heterocycles. The second-order valence-corrected chi connectivity index (χ2v) is 9.68. The van der Waals surface area contributed by atoms with Crippen molar-refractivity contribution in [3.05, 3.63) is 70.9 Å². The zero-order valence-corrected chi connectivity index (χ0v) is 19.5. The second-order valence-electron chi connectivity index (χ2n) is 8.77. The van der Waals surface area contributed by atoms with Gasteiger partial charge < -0.3 is 10.5 Å². The van der Waals surface area contributed by atoms with Crippen molar-refractivity contribution in [1.29, 1.82) is 0 Å². The van der Waals surface area contributed by atoms with Crippen LogP contribution in [0.15, 0.2) is 54.0 Å². The van der Waals surface area contributed by atoms with Crippen LogP contribution in [-0.4, -0.2) is 32.9 Å². The number of nitrogens with two attached hydrogens (primary N) is 1. The van der Waals surface area contributed by atoms with E-state index >= 15 is 0 Å². The number of aromatic nitrogens is 3. The minimum Gasteiger partial charge on any atom is -0.384 e. The summed E-state index contributed by atoms with van der Waals surface area (Å²) < 4.78 is 7.12. The van der Waals surface area contributed by atoms with Crippen molar-refractivity contribution in [3.8, 4) is 11.4 Å². The van der Waals surface area contributed by atoms with Crippen molar-refractivity contribution in [1.82, 2.24) is 15.0 Å². The highest BCUT2D eigenvalue weighted by Crippen LogP contribution is 2.38. The number of rotatable bonds is 5. The summed E-state index contributed by atoms with van der Waals surface area (Å²) in [4.78, 5) is 26.6. The Morgan fingerprint density at radius 2 is 1.94 bits per heavy atom. The van der Waals surface area contributed by atoms with E-state index in [0.29, 0.717) is 23.1 Å². The van der Waals surface area contributed by atoms with E-state index in [1.165, 1.54) is 6.20 Å². The number of ether oxygens (including phenoxy) is 1. The number of pyridine rings is 1. The van der Waals surface area contributed by atoms with Crippen LogP contribution in [0.1, 0.15) is 54.2 Å². The minimum atomic E-state index is -0.000255. The Balaban J connectivity index is 1.47. The quantitative estimate of drug-likeness (QED) is 0.401. The summed E-state index contributed by atoms with van der Waals surface area (Å²) in [5, 5.41) is 2.08. The summed E-state index contributed by atoms with van der Waals surface area (Å²) in [7, 11) is 0. The number of ketones is 1. The number of carbonyl (C=O) groups excluding carboxylic acids is 1. The van der Waals surface area contributed by atoms with Crippen LogP contribution in [0.2, 0.25) is 0 Å². The van der Waals surface area contributed by atoms with Gasteiger partial charge in [0.1, 0.15) is 5.82 Å². The van der Waals surface area contributed by atoms with Crippen molar-refractivity contribution in [2.45, 2.75) is 51.2 Å². The Kier molecular flexibility index (Phi) is 5.91. The highest BCUT2D eigenvalue weighted by molar-refractivity contribution is 7.17. The number of anilines is 1. The molecule has 2 unspecified atom stereocenters. The third-order valence-corrected chi connectivity index (χ3v) is 7.00. The van der Waals surface area contributed by atoms with Crippen LogP contribution in [0.5, 0.6) is 0 Å². The lowest BCUT2D eigenvalue weighted by atomic mass is 9.89. The fraction of sp³-hybridized carbons (Fsp3) is 0.308. The molecule has 0 bridgehead atoms. The lowest BCUT2D eigenvalue weighted by Crippen LogP contribution is -2.28. The molecule has 0 aliphatic carbocycles. The zero-order chi connectivity index (χ0) is 22.9. The molecule has 0 radical (unpaired) electrons. The molecule has 6 nitrogen and oxygen atoms in total. The lowest BCUT2D eigenvalue weighted by molar-refractivity contribution is -0.0383. The molecule has 1 saturated heterocycles. The van der Waals surface area contributed by atoms with Crippen LogP contribution < -0.4 is 5.73 Å². The molecule has 1 aromatic carbocycles. The summed E-state index contributed by atoms with van der Waals surface area (Å²) in [6.07, 6.45) is 4.14. The molecular formula is C26H26N4O2S. The van der Waals surface area contributed by atoms with E-state index in [0.717, 1.165) is 39.9 Å². The highest BCUT2D eigenvalue weighted by atomic mass is 32.1. The molecule has 0 amide bonds. The number of benzene rings is 1. The molecule has 0 spiro atoms. The standard InChI is InChI=1S/C26H26N4O2S/c1-15-10-20(11-16(2)32-15)24-25-21(8-9-33-25)29-26(30-24)18-5-3-4-17(12-18)13-22(31)19-6-7-23(27)28-14-19/h3-9,12,14-16,20H,10-11,13H2,1-2H3,(H2,27,28). The molecule has 1 fully saturated rings. The Labute approximate surface area is 196 Å². The van der Waals surface area contributed by atoms with Gasteiger partial charge in [-0.3, -0.25) is 4.79 Å². The first kappa shape index (κ1) is 21.7. The normalized spacial score (nSPS) is 20.7. The van der Waals surface area contributed by atoms with E-state index in [2.05, 4.69) is 30.3 Å². The van der Waals surface area contributed by atoms with Gasteiger partial charge in [-0.1, -0.05) is 18.2 Å². The molecule has 1 aliphatic heterocycles. The average molecular weight is 459 g/mol. The topological polar surface area (TPSA) is 91.0 Å². The Bertz CT molecular complexity index is 1290. The van der Waals surface area contributed by atoms with Gasteiger partial charge in [0, 0.05) is 29.7 Å². The monoisotopic (exact) mass is 458 g/mol. The number of hydrogen-bond donors (Lipinski definition) is 1. The second kappa shape index (κ2) is 9.00. The minimum absolute atomic E-state index is 0.000255. The molecule has 2 N–H and O–H groups in total. The van der Waals surface area contributed by atoms with Crippen LogP contribution in [0, 0.1) is 0 Å². The number of nitrogens with zero attached hydrogens (tertiary/aromatic N) is 3. The first-order valence-electron chi connectivity index (χ1n) is 11.2. The maximum atomic E-state index is 12.7. The largest absolute Gasteiger partial charge is 0.384 e. The van der Waals surface area contributed by atoms with E-state index in [4.69, 9.17) is 20.4 Å². The van der Waals surface area contributed by atoms with Crippen LogP contribution >= 0.6 is 11.3 Å². The predicted octanol–water partition coefficient (Wildman–Crippen LogP) is 5.43. The molecule has 2 atom stereocenters. The molecule has 0 saturated carbocycles. The number of thiophene rings is 1. The van der Waals surface area contributed by atoms with Crippen LogP contribution in [-0.2, 0) is 11.2 Å². The van der Waals surface area contributed by atoms with Gasteiger partial charge in [-0.25, -0.2) is 15.0 Å². The SMILES string of the molecule is CC1CC(c2nc(-c3cccc(CC(=O)c4ccc(N)nc4)c3)nc3ccsc23)CC(C)O1.